The quantitative estimate of drug-likeness (QED) is 0.826. The molecule has 3 heteroatoms. The number of carbonyl (C=O) groups excluding carboxylic acids is 1. The van der Waals surface area contributed by atoms with E-state index in [1.807, 2.05) is 25.1 Å². The molecule has 17 heavy (non-hydrogen) atoms. The van der Waals surface area contributed by atoms with Gasteiger partial charge in [0, 0.05) is 18.1 Å². The molecule has 0 aliphatic carbocycles. The zero-order valence-corrected chi connectivity index (χ0v) is 11.0. The van der Waals surface area contributed by atoms with E-state index in [0.29, 0.717) is 24.0 Å². The maximum Gasteiger partial charge on any atom is 0.166 e. The average molecular weight is 253 g/mol. The van der Waals surface area contributed by atoms with Gasteiger partial charge in [-0.1, -0.05) is 30.7 Å². The summed E-state index contributed by atoms with van der Waals surface area (Å²) in [4.78, 5) is 12.1. The van der Waals surface area contributed by atoms with Gasteiger partial charge in [0.15, 0.2) is 5.78 Å². The standard InChI is InChI=1S/C14H17ClO2/c1-9-3-4-11(12(15)7-9)8-13(16)14-10(2)5-6-17-14/h3-4,7,10,14H,5-6,8H2,1-2H3. The summed E-state index contributed by atoms with van der Waals surface area (Å²) in [5, 5.41) is 0.670. The molecule has 0 radical (unpaired) electrons. The lowest BCUT2D eigenvalue weighted by Crippen LogP contribution is -2.26. The predicted molar refractivity (Wildman–Crippen MR) is 68.4 cm³/mol. The second-order valence-corrected chi connectivity index (χ2v) is 5.20. The molecule has 1 aromatic carbocycles. The minimum absolute atomic E-state index is 0.140. The van der Waals surface area contributed by atoms with Crippen molar-refractivity contribution in [3.63, 3.8) is 0 Å². The second kappa shape index (κ2) is 5.19. The number of Topliss-reactive ketones (excluding diaryl/α,β-unsaturated/α-hetero) is 1. The van der Waals surface area contributed by atoms with Crippen molar-refractivity contribution in [1.82, 2.24) is 0 Å². The maximum atomic E-state index is 12.1. The molecule has 0 aromatic heterocycles. The number of halogens is 1. The number of hydrogen-bond acceptors (Lipinski definition) is 2. The molecule has 0 spiro atoms. The fraction of sp³-hybridized carbons (Fsp3) is 0.500. The number of ether oxygens (including phenoxy) is 1. The summed E-state index contributed by atoms with van der Waals surface area (Å²) in [7, 11) is 0. The first-order valence-corrected chi connectivity index (χ1v) is 6.35. The van der Waals surface area contributed by atoms with Gasteiger partial charge >= 0.3 is 0 Å². The Hall–Kier alpha value is -0.860. The highest BCUT2D eigenvalue weighted by atomic mass is 35.5. The van der Waals surface area contributed by atoms with Crippen LogP contribution in [0.25, 0.3) is 0 Å². The highest BCUT2D eigenvalue weighted by Gasteiger charge is 2.30. The summed E-state index contributed by atoms with van der Waals surface area (Å²) in [6.45, 7) is 4.74. The van der Waals surface area contributed by atoms with Crippen LogP contribution < -0.4 is 0 Å². The van der Waals surface area contributed by atoms with E-state index in [4.69, 9.17) is 16.3 Å². The van der Waals surface area contributed by atoms with Gasteiger partial charge in [0.25, 0.3) is 0 Å². The van der Waals surface area contributed by atoms with Gasteiger partial charge < -0.3 is 4.74 Å². The molecule has 0 saturated carbocycles. The van der Waals surface area contributed by atoms with Gasteiger partial charge in [-0.25, -0.2) is 0 Å². The first kappa shape index (κ1) is 12.6. The SMILES string of the molecule is Cc1ccc(CC(=O)C2OCCC2C)c(Cl)c1. The maximum absolute atomic E-state index is 12.1. The zero-order chi connectivity index (χ0) is 12.4. The van der Waals surface area contributed by atoms with Gasteiger partial charge in [0.2, 0.25) is 0 Å². The van der Waals surface area contributed by atoms with Crippen molar-refractivity contribution in [2.75, 3.05) is 6.61 Å². The molecule has 1 aromatic rings. The normalized spacial score (nSPS) is 23.9. The van der Waals surface area contributed by atoms with Crippen molar-refractivity contribution in [3.05, 3.63) is 34.3 Å². The summed E-state index contributed by atoms with van der Waals surface area (Å²) in [6.07, 6.45) is 1.10. The van der Waals surface area contributed by atoms with Crippen molar-refractivity contribution in [1.29, 1.82) is 0 Å². The Morgan fingerprint density at radius 3 is 2.88 bits per heavy atom. The van der Waals surface area contributed by atoms with Crippen LogP contribution in [-0.4, -0.2) is 18.5 Å². The first-order valence-electron chi connectivity index (χ1n) is 5.97. The van der Waals surface area contributed by atoms with Crippen LogP contribution in [0, 0.1) is 12.8 Å². The lowest BCUT2D eigenvalue weighted by molar-refractivity contribution is -0.128. The van der Waals surface area contributed by atoms with Crippen molar-refractivity contribution >= 4 is 17.4 Å². The third kappa shape index (κ3) is 2.88. The summed E-state index contributed by atoms with van der Waals surface area (Å²) in [5.74, 6) is 0.465. The minimum Gasteiger partial charge on any atom is -0.370 e. The topological polar surface area (TPSA) is 26.3 Å². The Morgan fingerprint density at radius 2 is 2.29 bits per heavy atom. The van der Waals surface area contributed by atoms with Crippen LogP contribution in [0.2, 0.25) is 5.02 Å². The van der Waals surface area contributed by atoms with Crippen LogP contribution in [-0.2, 0) is 16.0 Å². The van der Waals surface area contributed by atoms with Crippen LogP contribution in [0.15, 0.2) is 18.2 Å². The van der Waals surface area contributed by atoms with E-state index in [1.54, 1.807) is 0 Å². The Kier molecular flexibility index (Phi) is 3.85. The van der Waals surface area contributed by atoms with E-state index < -0.39 is 0 Å². The molecule has 1 aliphatic heterocycles. The smallest absolute Gasteiger partial charge is 0.166 e. The monoisotopic (exact) mass is 252 g/mol. The van der Waals surface area contributed by atoms with E-state index in [-0.39, 0.29) is 11.9 Å². The Bertz CT molecular complexity index is 428. The third-order valence-electron chi connectivity index (χ3n) is 3.28. The summed E-state index contributed by atoms with van der Waals surface area (Å²) >= 11 is 6.12. The molecule has 1 fully saturated rings. The summed E-state index contributed by atoms with van der Waals surface area (Å²) < 4.78 is 5.47. The number of ketones is 1. The van der Waals surface area contributed by atoms with E-state index in [0.717, 1.165) is 17.5 Å². The average Bonchev–Trinajstić information content (AvgIpc) is 2.68. The van der Waals surface area contributed by atoms with E-state index in [9.17, 15) is 4.79 Å². The number of aryl methyl sites for hydroxylation is 1. The molecule has 2 nitrogen and oxygen atoms in total. The van der Waals surface area contributed by atoms with Crippen molar-refractivity contribution in [3.8, 4) is 0 Å². The van der Waals surface area contributed by atoms with E-state index >= 15 is 0 Å². The third-order valence-corrected chi connectivity index (χ3v) is 3.63. The predicted octanol–water partition coefficient (Wildman–Crippen LogP) is 3.19. The molecule has 92 valence electrons. The fourth-order valence-electron chi connectivity index (χ4n) is 2.19. The molecule has 2 atom stereocenters. The highest BCUT2D eigenvalue weighted by Crippen LogP contribution is 2.24. The van der Waals surface area contributed by atoms with Gasteiger partial charge in [0.05, 0.1) is 0 Å². The fourth-order valence-corrected chi connectivity index (χ4v) is 2.49. The highest BCUT2D eigenvalue weighted by molar-refractivity contribution is 6.31. The largest absolute Gasteiger partial charge is 0.370 e. The molecule has 1 saturated heterocycles. The van der Waals surface area contributed by atoms with Gasteiger partial charge in [-0.05, 0) is 36.5 Å². The van der Waals surface area contributed by atoms with Gasteiger partial charge in [0.1, 0.15) is 6.10 Å². The summed E-state index contributed by atoms with van der Waals surface area (Å²) in [6, 6.07) is 5.80. The van der Waals surface area contributed by atoms with Gasteiger partial charge in [-0.3, -0.25) is 4.79 Å². The van der Waals surface area contributed by atoms with E-state index in [1.165, 1.54) is 0 Å². The Morgan fingerprint density at radius 1 is 1.53 bits per heavy atom. The van der Waals surface area contributed by atoms with Crippen LogP contribution in [0.5, 0.6) is 0 Å². The molecular formula is C14H17ClO2. The molecule has 0 bridgehead atoms. The van der Waals surface area contributed by atoms with Crippen molar-refractivity contribution in [2.24, 2.45) is 5.92 Å². The Labute approximate surface area is 107 Å². The molecule has 2 rings (SSSR count). The molecule has 1 aliphatic rings. The van der Waals surface area contributed by atoms with Crippen LogP contribution in [0.3, 0.4) is 0 Å². The van der Waals surface area contributed by atoms with Crippen molar-refractivity contribution < 1.29 is 9.53 Å². The Balaban J connectivity index is 2.07. The molecular weight excluding hydrogens is 236 g/mol. The molecule has 2 unspecified atom stereocenters. The zero-order valence-electron chi connectivity index (χ0n) is 10.2. The van der Waals surface area contributed by atoms with Crippen LogP contribution in [0.4, 0.5) is 0 Å². The van der Waals surface area contributed by atoms with E-state index in [2.05, 4.69) is 6.92 Å². The molecule has 1 heterocycles. The van der Waals surface area contributed by atoms with Crippen LogP contribution in [0.1, 0.15) is 24.5 Å². The number of hydrogen-bond donors (Lipinski definition) is 0. The number of benzene rings is 1. The first-order chi connectivity index (χ1) is 8.08. The number of carbonyl (C=O) groups is 1. The minimum atomic E-state index is -0.243. The molecule has 0 amide bonds. The lowest BCUT2D eigenvalue weighted by atomic mass is 9.96. The van der Waals surface area contributed by atoms with Crippen molar-refractivity contribution in [2.45, 2.75) is 32.8 Å². The van der Waals surface area contributed by atoms with Gasteiger partial charge in [-0.15, -0.1) is 0 Å². The van der Waals surface area contributed by atoms with Gasteiger partial charge in [-0.2, -0.15) is 0 Å². The lowest BCUT2D eigenvalue weighted by Gasteiger charge is -2.13. The summed E-state index contributed by atoms with van der Waals surface area (Å²) in [5.41, 5.74) is 2.00. The second-order valence-electron chi connectivity index (χ2n) is 4.80. The number of rotatable bonds is 3. The van der Waals surface area contributed by atoms with Crippen LogP contribution >= 0.6 is 11.6 Å². The molecule has 0 N–H and O–H groups in total.